The summed E-state index contributed by atoms with van der Waals surface area (Å²) < 4.78 is 39.9. The molecule has 0 amide bonds. The number of halogens is 3. The van der Waals surface area contributed by atoms with E-state index in [9.17, 15) is 38.3 Å². The van der Waals surface area contributed by atoms with E-state index in [0.717, 1.165) is 0 Å². The zero-order chi connectivity index (χ0) is 60.0. The molecule has 87 heavy (non-hydrogen) atoms. The Morgan fingerprint density at radius 1 is 0.598 bits per heavy atom. The number of Topliss-reactive ketones (excluding diaryl/α,β-unsaturated/α-hetero) is 3. The number of hydrogen-bond donors (Lipinski definition) is 3. The number of furan rings is 1. The van der Waals surface area contributed by atoms with Gasteiger partial charge in [-0.05, 0) is 94.8 Å². The van der Waals surface area contributed by atoms with Crippen LogP contribution in [0.15, 0.2) is 131 Å². The maximum Gasteiger partial charge on any atom is 0.215 e. The molecule has 0 aliphatic heterocycles. The van der Waals surface area contributed by atoms with Crippen molar-refractivity contribution in [2.45, 2.75) is 69.7 Å². The summed E-state index contributed by atoms with van der Waals surface area (Å²) in [4.78, 5) is 96.7. The number of anilines is 3. The SMILES string of the molecule is C.C.C.C.CCC(=O)c1cc(-c2nccc(C=O)c2O)ccn1.CCC(=O)c1cc(-c2nccc(C=O)c2OCOC)ccn1.CCC(=O)c1cc(-c2nccc3c(Nc4ccc(F)c(Cl)c4)c(N)oc23)ccn1.COCOc1c(C=O)ccnc1Br. The molecule has 0 unspecified atom stereocenters. The van der Waals surface area contributed by atoms with Crippen molar-refractivity contribution in [2.75, 3.05) is 38.9 Å². The number of nitrogens with two attached hydrogens (primary N) is 1. The van der Waals surface area contributed by atoms with Crippen LogP contribution >= 0.6 is 27.5 Å². The quantitative estimate of drug-likeness (QED) is 0.0276. The summed E-state index contributed by atoms with van der Waals surface area (Å²) in [6.07, 6.45) is 13.7. The first kappa shape index (κ1) is 73.6. The summed E-state index contributed by atoms with van der Waals surface area (Å²) >= 11 is 9.02. The molecule has 9 rings (SSSR count). The summed E-state index contributed by atoms with van der Waals surface area (Å²) in [6, 6.07) is 20.5. The van der Waals surface area contributed by atoms with E-state index in [1.165, 1.54) is 63.4 Å². The molecule has 0 saturated heterocycles. The molecule has 21 nitrogen and oxygen atoms in total. The Labute approximate surface area is 517 Å². The van der Waals surface area contributed by atoms with Gasteiger partial charge in [0.1, 0.15) is 50.3 Å². The van der Waals surface area contributed by atoms with Gasteiger partial charge in [-0.15, -0.1) is 0 Å². The Morgan fingerprint density at radius 3 is 1.52 bits per heavy atom. The van der Waals surface area contributed by atoms with E-state index in [0.29, 0.717) is 133 Å². The van der Waals surface area contributed by atoms with Crippen LogP contribution in [0.5, 0.6) is 17.2 Å². The summed E-state index contributed by atoms with van der Waals surface area (Å²) in [5, 5.41) is 13.7. The van der Waals surface area contributed by atoms with Gasteiger partial charge in [-0.3, -0.25) is 58.7 Å². The third kappa shape index (κ3) is 19.0. The fourth-order valence-electron chi connectivity index (χ4n) is 7.43. The summed E-state index contributed by atoms with van der Waals surface area (Å²) in [5.41, 5.74) is 12.8. The van der Waals surface area contributed by atoms with Crippen molar-refractivity contribution >= 4 is 92.0 Å². The first-order valence-corrected chi connectivity index (χ1v) is 26.1. The number of nitrogens with one attached hydrogen (secondary N) is 1. The van der Waals surface area contributed by atoms with Gasteiger partial charge in [0.25, 0.3) is 0 Å². The molecule has 24 heteroatoms. The fraction of sp³-hybridized carbons (Fsp3) is 0.222. The van der Waals surface area contributed by atoms with Crippen LogP contribution < -0.4 is 20.5 Å². The highest BCUT2D eigenvalue weighted by molar-refractivity contribution is 9.10. The average Bonchev–Trinajstić information content (AvgIpc) is 2.48. The van der Waals surface area contributed by atoms with Crippen LogP contribution in [0.1, 0.15) is 132 Å². The molecule has 4 N–H and O–H groups in total. The van der Waals surface area contributed by atoms with Crippen LogP contribution in [0.4, 0.5) is 21.6 Å². The summed E-state index contributed by atoms with van der Waals surface area (Å²) in [5.74, 6) is -0.0509. The Bertz CT molecular complexity index is 3800. The van der Waals surface area contributed by atoms with Gasteiger partial charge in [-0.25, -0.2) is 9.37 Å². The highest BCUT2D eigenvalue weighted by atomic mass is 79.9. The Morgan fingerprint density at radius 2 is 1.02 bits per heavy atom. The topological polar surface area (TPSA) is 301 Å². The van der Waals surface area contributed by atoms with Crippen molar-refractivity contribution in [3.05, 3.63) is 171 Å². The van der Waals surface area contributed by atoms with Gasteiger partial charge in [0.15, 0.2) is 72.6 Å². The number of nitrogen functional groups attached to an aromatic ring is 1. The molecule has 8 aromatic heterocycles. The van der Waals surface area contributed by atoms with Crippen LogP contribution in [0, 0.1) is 5.82 Å². The van der Waals surface area contributed by atoms with Gasteiger partial charge >= 0.3 is 0 Å². The highest BCUT2D eigenvalue weighted by Crippen LogP contribution is 2.40. The number of aldehydes is 3. The van der Waals surface area contributed by atoms with Crippen molar-refractivity contribution in [3.8, 4) is 51.0 Å². The number of ketones is 3. The Hall–Kier alpha value is -9.55. The smallest absolute Gasteiger partial charge is 0.215 e. The van der Waals surface area contributed by atoms with E-state index >= 15 is 0 Å². The molecule has 0 radical (unpaired) electrons. The monoisotopic (exact) mass is 1280 g/mol. The number of ether oxygens (including phenoxy) is 4. The zero-order valence-electron chi connectivity index (χ0n) is 45.1. The molecule has 0 spiro atoms. The standard InChI is InChI=1S/C21H16ClFN4O2.C16H16N2O4.C14H12N2O3.C8H8BrNO3.4CH4/c1-2-17(28)16-9-11(5-7-25-16)18-20-13(6-8-26-18)19(21(24)29-20)27-12-3-4-15(23)14(22)10-12;1-3-14(20)13-8-11(4-6-17-13)15-16(22-10-21-2)12(9-19)5-7-18-15;1-2-12(18)11-7-9(3-5-15-11)13-14(19)10(8-17)4-6-16-13;1-12-5-13-7-6(4-11)2-3-10-8(7)9;;;;/h3-10,27H,2,24H2,1H3;4-9H,3,10H2,1-2H3;3-8,19H,2H2,1H3;2-4H,5H2,1H3;4*1H4. The molecule has 0 aliphatic rings. The van der Waals surface area contributed by atoms with Crippen LogP contribution in [0.2, 0.25) is 5.02 Å². The lowest BCUT2D eigenvalue weighted by atomic mass is 10.1. The van der Waals surface area contributed by atoms with Crippen molar-refractivity contribution in [2.24, 2.45) is 0 Å². The molecule has 0 bridgehead atoms. The molecule has 458 valence electrons. The van der Waals surface area contributed by atoms with E-state index in [2.05, 4.69) is 56.1 Å². The number of benzene rings is 1. The molecule has 8 heterocycles. The molecular weight excluding hydrogens is 1210 g/mol. The minimum Gasteiger partial charge on any atom is -0.505 e. The Balaban J connectivity index is 0.000000403. The highest BCUT2D eigenvalue weighted by Gasteiger charge is 2.20. The number of hydrogen-bond acceptors (Lipinski definition) is 21. The van der Waals surface area contributed by atoms with Gasteiger partial charge in [0, 0.05) is 99.2 Å². The van der Waals surface area contributed by atoms with Crippen molar-refractivity contribution in [1.82, 2.24) is 34.9 Å². The maximum absolute atomic E-state index is 13.4. The number of pyridine rings is 7. The number of rotatable bonds is 20. The maximum atomic E-state index is 13.4. The van der Waals surface area contributed by atoms with Crippen LogP contribution in [-0.2, 0) is 9.47 Å². The van der Waals surface area contributed by atoms with E-state index < -0.39 is 5.82 Å². The molecule has 0 saturated carbocycles. The lowest BCUT2D eigenvalue weighted by Gasteiger charge is -2.12. The number of carbonyl (C=O) groups excluding carboxylic acids is 6. The van der Waals surface area contributed by atoms with Crippen molar-refractivity contribution in [1.29, 1.82) is 0 Å². The first-order valence-electron chi connectivity index (χ1n) is 24.9. The third-order valence-corrected chi connectivity index (χ3v) is 12.4. The lowest BCUT2D eigenvalue weighted by Crippen LogP contribution is -2.05. The number of carbonyl (C=O) groups is 6. The zero-order valence-corrected chi connectivity index (χ0v) is 47.4. The number of nitrogens with zero attached hydrogens (tertiary/aromatic N) is 7. The average molecular weight is 1280 g/mol. The predicted octanol–water partition coefficient (Wildman–Crippen LogP) is 14.6. The van der Waals surface area contributed by atoms with Crippen LogP contribution in [-0.4, -0.2) is 104 Å². The molecule has 0 fully saturated rings. The third-order valence-electron chi connectivity index (χ3n) is 11.5. The van der Waals surface area contributed by atoms with Crippen LogP contribution in [0.25, 0.3) is 44.7 Å². The van der Waals surface area contributed by atoms with Crippen molar-refractivity contribution in [3.63, 3.8) is 0 Å². The van der Waals surface area contributed by atoms with E-state index in [4.69, 9.17) is 40.7 Å². The second-order valence-electron chi connectivity index (χ2n) is 16.9. The number of aromatic hydroxyl groups is 1. The normalized spacial score (nSPS) is 9.93. The van der Waals surface area contributed by atoms with Gasteiger partial charge in [0.2, 0.25) is 5.88 Å². The second-order valence-corrected chi connectivity index (χ2v) is 18.1. The second kappa shape index (κ2) is 36.3. The molecule has 0 atom stereocenters. The van der Waals surface area contributed by atoms with Crippen LogP contribution in [0.3, 0.4) is 0 Å². The molecule has 9 aromatic rings. The number of aromatic nitrogens is 7. The van der Waals surface area contributed by atoms with E-state index in [1.54, 1.807) is 93.8 Å². The Kier molecular flexibility index (Phi) is 30.7. The number of fused-ring (bicyclic) bond motifs is 1. The minimum absolute atomic E-state index is 0. The fourth-order valence-corrected chi connectivity index (χ4v) is 8.07. The predicted molar refractivity (Wildman–Crippen MR) is 337 cm³/mol. The molecular formula is C63H68BrClFN9O12. The van der Waals surface area contributed by atoms with Gasteiger partial charge in [0.05, 0.1) is 27.1 Å². The minimum atomic E-state index is -0.510. The number of methoxy groups -OCH3 is 2. The van der Waals surface area contributed by atoms with E-state index in [-0.39, 0.29) is 88.6 Å². The molecule has 0 aliphatic carbocycles. The van der Waals surface area contributed by atoms with Crippen molar-refractivity contribution < 1.29 is 61.6 Å². The first-order chi connectivity index (χ1) is 40.1. The summed E-state index contributed by atoms with van der Waals surface area (Å²) in [7, 11) is 2.99. The van der Waals surface area contributed by atoms with E-state index in [1.807, 2.05) is 0 Å². The van der Waals surface area contributed by atoms with Gasteiger partial charge < -0.3 is 39.5 Å². The summed E-state index contributed by atoms with van der Waals surface area (Å²) in [6.45, 7) is 5.38. The van der Waals surface area contributed by atoms with Gasteiger partial charge in [-0.2, -0.15) is 0 Å². The van der Waals surface area contributed by atoms with Gasteiger partial charge in [-0.1, -0.05) is 62.1 Å². The lowest BCUT2D eigenvalue weighted by molar-refractivity contribution is 0.0496. The molecule has 1 aromatic carbocycles. The largest absolute Gasteiger partial charge is 0.505 e.